The van der Waals surface area contributed by atoms with Crippen molar-refractivity contribution in [3.05, 3.63) is 68.8 Å². The van der Waals surface area contributed by atoms with Crippen LogP contribution in [0, 0.1) is 27.7 Å². The zero-order valence-electron chi connectivity index (χ0n) is 17.0. The van der Waals surface area contributed by atoms with E-state index in [2.05, 4.69) is 55.9 Å². The van der Waals surface area contributed by atoms with Crippen molar-refractivity contribution >= 4 is 22.9 Å². The second-order valence-corrected chi connectivity index (χ2v) is 8.12. The lowest BCUT2D eigenvalue weighted by Crippen LogP contribution is -1.91. The summed E-state index contributed by atoms with van der Waals surface area (Å²) in [5, 5.41) is 0. The molecule has 4 nitrogen and oxygen atoms in total. The summed E-state index contributed by atoms with van der Waals surface area (Å²) in [5.74, 6) is 0. The van der Waals surface area contributed by atoms with Gasteiger partial charge in [0.1, 0.15) is 0 Å². The molecule has 2 aromatic rings. The molecule has 0 unspecified atom stereocenters. The normalized spacial score (nSPS) is 14.4. The van der Waals surface area contributed by atoms with Gasteiger partial charge in [-0.25, -0.2) is 0 Å². The summed E-state index contributed by atoms with van der Waals surface area (Å²) in [6, 6.07) is 6.53. The monoisotopic (exact) mass is 370 g/mol. The second-order valence-electron chi connectivity index (χ2n) is 8.12. The van der Waals surface area contributed by atoms with Gasteiger partial charge >= 0.3 is 0 Å². The van der Waals surface area contributed by atoms with E-state index in [1.807, 2.05) is 6.21 Å². The van der Waals surface area contributed by atoms with E-state index in [1.54, 1.807) is 0 Å². The molecule has 0 atom stereocenters. The van der Waals surface area contributed by atoms with Gasteiger partial charge in [-0.1, -0.05) is 0 Å². The van der Waals surface area contributed by atoms with E-state index in [9.17, 15) is 0 Å². The fraction of sp³-hybridized carbons (Fsp3) is 0.333. The van der Waals surface area contributed by atoms with Crippen LogP contribution in [0.15, 0.2) is 23.2 Å². The third kappa shape index (κ3) is 2.67. The molecule has 2 N–H and O–H groups in total. The van der Waals surface area contributed by atoms with E-state index >= 15 is 0 Å². The molecule has 28 heavy (non-hydrogen) atoms. The Labute approximate surface area is 165 Å². The van der Waals surface area contributed by atoms with Crippen molar-refractivity contribution in [1.82, 2.24) is 15.0 Å². The van der Waals surface area contributed by atoms with Crippen LogP contribution in [0.25, 0.3) is 11.0 Å². The maximum absolute atomic E-state index is 5.02. The molecule has 5 heterocycles. The summed E-state index contributed by atoms with van der Waals surface area (Å²) < 4.78 is 0. The highest BCUT2D eigenvalue weighted by Gasteiger charge is 2.17. The van der Waals surface area contributed by atoms with Gasteiger partial charge in [-0.3, -0.25) is 9.98 Å². The van der Waals surface area contributed by atoms with Crippen LogP contribution in [0.1, 0.15) is 50.6 Å². The Kier molecular flexibility index (Phi) is 3.90. The summed E-state index contributed by atoms with van der Waals surface area (Å²) >= 11 is 0. The Hall–Kier alpha value is -2.88. The molecule has 0 aliphatic carbocycles. The first-order valence-corrected chi connectivity index (χ1v) is 10.1. The van der Waals surface area contributed by atoms with Crippen molar-refractivity contribution in [2.24, 2.45) is 4.99 Å². The van der Waals surface area contributed by atoms with Gasteiger partial charge in [0.05, 0.1) is 5.69 Å². The average Bonchev–Trinajstić information content (AvgIpc) is 3.49. The van der Waals surface area contributed by atoms with Gasteiger partial charge in [-0.15, -0.1) is 0 Å². The van der Waals surface area contributed by atoms with E-state index < -0.39 is 0 Å². The number of fused-ring (bicyclic) bond motifs is 8. The molecule has 142 valence electrons. The molecule has 4 heteroatoms. The summed E-state index contributed by atoms with van der Waals surface area (Å²) in [5.41, 5.74) is 14.6. The van der Waals surface area contributed by atoms with E-state index in [0.29, 0.717) is 0 Å². The molecular weight excluding hydrogens is 344 g/mol. The molecule has 8 bridgehead atoms. The van der Waals surface area contributed by atoms with Gasteiger partial charge in [0.2, 0.25) is 0 Å². The standard InChI is InChI=1S/C24H26N4/c1-13-17-11-24(25-12-17)16(4)23-10-9-22(28-23)15(3)21-8-7-20(27-21)14(2)19-6-5-18(13)26-19/h9-12,26,28H,5-8H2,1-4H3. The molecule has 0 spiro atoms. The number of aromatic amines is 2. The van der Waals surface area contributed by atoms with Gasteiger partial charge < -0.3 is 9.97 Å². The lowest BCUT2D eigenvalue weighted by molar-refractivity contribution is 0.970. The van der Waals surface area contributed by atoms with E-state index in [1.165, 1.54) is 50.6 Å². The summed E-state index contributed by atoms with van der Waals surface area (Å²) in [4.78, 5) is 17.0. The minimum Gasteiger partial charge on any atom is -0.362 e. The highest BCUT2D eigenvalue weighted by atomic mass is 14.8. The number of hydrogen-bond donors (Lipinski definition) is 2. The number of aliphatic imine (C=N–C) groups is 1. The number of aryl methyl sites for hydroxylation is 6. The summed E-state index contributed by atoms with van der Waals surface area (Å²) in [7, 11) is 0. The van der Waals surface area contributed by atoms with Crippen LogP contribution in [0.4, 0.5) is 5.69 Å². The van der Waals surface area contributed by atoms with E-state index in [-0.39, 0.29) is 0 Å². The molecule has 0 saturated heterocycles. The SMILES string of the molecule is Cc1c2cc(c(C)c3ccc([nH]3)c(C)c3nc(c(C)c4[nH]c1CC4)CC3)N=C2. The summed E-state index contributed by atoms with van der Waals surface area (Å²) in [6.07, 6.45) is 6.14. The molecule has 0 radical (unpaired) electrons. The molecule has 0 fully saturated rings. The molecule has 3 aliphatic rings. The minimum absolute atomic E-state index is 1.01. The fourth-order valence-electron chi connectivity index (χ4n) is 4.42. The van der Waals surface area contributed by atoms with Crippen molar-refractivity contribution in [2.45, 2.75) is 53.4 Å². The van der Waals surface area contributed by atoms with Crippen LogP contribution >= 0.6 is 0 Å². The van der Waals surface area contributed by atoms with Crippen molar-refractivity contribution < 1.29 is 0 Å². The lowest BCUT2D eigenvalue weighted by atomic mass is 10.1. The van der Waals surface area contributed by atoms with Crippen molar-refractivity contribution in [3.8, 4) is 0 Å². The quantitative estimate of drug-likeness (QED) is 0.562. The van der Waals surface area contributed by atoms with Gasteiger partial charge in [0, 0.05) is 40.0 Å². The molecule has 0 aromatic carbocycles. The maximum atomic E-state index is 5.02. The topological polar surface area (TPSA) is 56.8 Å². The first-order chi connectivity index (χ1) is 13.5. The van der Waals surface area contributed by atoms with Crippen LogP contribution in [-0.4, -0.2) is 21.2 Å². The maximum Gasteiger partial charge on any atom is 0.0686 e. The first kappa shape index (κ1) is 17.2. The molecule has 2 aromatic heterocycles. The molecular formula is C24H26N4. The Morgan fingerprint density at radius 2 is 1.36 bits per heavy atom. The predicted molar refractivity (Wildman–Crippen MR) is 116 cm³/mol. The van der Waals surface area contributed by atoms with Crippen molar-refractivity contribution in [3.63, 3.8) is 0 Å². The number of hydrogen-bond acceptors (Lipinski definition) is 2. The zero-order valence-corrected chi connectivity index (χ0v) is 17.0. The Bertz CT molecular complexity index is 1210. The molecule has 3 aliphatic heterocycles. The van der Waals surface area contributed by atoms with E-state index in [4.69, 9.17) is 9.98 Å². The molecule has 0 saturated carbocycles. The van der Waals surface area contributed by atoms with Crippen molar-refractivity contribution in [2.75, 3.05) is 0 Å². The predicted octanol–water partition coefficient (Wildman–Crippen LogP) is 5.20. The number of aromatic nitrogens is 3. The van der Waals surface area contributed by atoms with Gasteiger partial charge in [0.25, 0.3) is 0 Å². The number of rotatable bonds is 0. The van der Waals surface area contributed by atoms with Crippen LogP contribution in [0.3, 0.4) is 0 Å². The minimum atomic E-state index is 1.01. The number of nitrogens with zero attached hydrogens (tertiary/aromatic N) is 2. The highest BCUT2D eigenvalue weighted by molar-refractivity contribution is 5.90. The lowest BCUT2D eigenvalue weighted by Gasteiger charge is -1.99. The molecule has 0 amide bonds. The third-order valence-electron chi connectivity index (χ3n) is 6.51. The van der Waals surface area contributed by atoms with Crippen LogP contribution in [0.5, 0.6) is 0 Å². The van der Waals surface area contributed by atoms with Crippen LogP contribution < -0.4 is 0 Å². The zero-order chi connectivity index (χ0) is 19.4. The largest absolute Gasteiger partial charge is 0.362 e. The van der Waals surface area contributed by atoms with Crippen LogP contribution in [-0.2, 0) is 25.7 Å². The van der Waals surface area contributed by atoms with Gasteiger partial charge in [0.15, 0.2) is 0 Å². The average molecular weight is 371 g/mol. The Morgan fingerprint density at radius 1 is 0.714 bits per heavy atom. The molecule has 5 rings (SSSR count). The smallest absolute Gasteiger partial charge is 0.0686 e. The highest BCUT2D eigenvalue weighted by Crippen LogP contribution is 2.28. The van der Waals surface area contributed by atoms with Crippen LogP contribution in [0.2, 0.25) is 0 Å². The van der Waals surface area contributed by atoms with Gasteiger partial charge in [-0.2, -0.15) is 0 Å². The third-order valence-corrected chi connectivity index (χ3v) is 6.51. The fourth-order valence-corrected chi connectivity index (χ4v) is 4.42. The second kappa shape index (κ2) is 6.33. The van der Waals surface area contributed by atoms with E-state index in [0.717, 1.165) is 42.4 Å². The number of nitrogens with one attached hydrogen (secondary N) is 2. The Morgan fingerprint density at radius 3 is 2.11 bits per heavy atom. The van der Waals surface area contributed by atoms with Crippen molar-refractivity contribution in [1.29, 1.82) is 0 Å². The first-order valence-electron chi connectivity index (χ1n) is 10.1. The van der Waals surface area contributed by atoms with Gasteiger partial charge in [-0.05, 0) is 99.4 Å². The summed E-state index contributed by atoms with van der Waals surface area (Å²) in [6.45, 7) is 8.73. The number of H-pyrrole nitrogens is 2. The Balaban J connectivity index is 1.92.